The predicted octanol–water partition coefficient (Wildman–Crippen LogP) is 7.21. The van der Waals surface area contributed by atoms with E-state index in [1.54, 1.807) is 24.3 Å². The van der Waals surface area contributed by atoms with Crippen molar-refractivity contribution in [3.8, 4) is 17.2 Å². The molecule has 1 amide bonds. The average molecular weight is 508 g/mol. The zero-order chi connectivity index (χ0) is 24.8. The zero-order valence-corrected chi connectivity index (χ0v) is 21.0. The normalized spacial score (nSPS) is 15.3. The maximum atomic E-state index is 12.5. The van der Waals surface area contributed by atoms with Crippen LogP contribution in [-0.4, -0.2) is 37.7 Å². The number of likely N-dealkylation sites (tertiary alicyclic amines) is 1. The van der Waals surface area contributed by atoms with Gasteiger partial charge >= 0.3 is 6.09 Å². The fourth-order valence-electron chi connectivity index (χ4n) is 4.52. The second-order valence-electron chi connectivity index (χ2n) is 8.91. The van der Waals surface area contributed by atoms with Crippen LogP contribution in [0, 0.1) is 17.2 Å². The number of rotatable bonds is 6. The highest BCUT2D eigenvalue weighted by molar-refractivity contribution is 6.42. The minimum absolute atomic E-state index is 0.0859. The van der Waals surface area contributed by atoms with Crippen LogP contribution in [0.3, 0.4) is 0 Å². The van der Waals surface area contributed by atoms with E-state index in [0.717, 1.165) is 42.6 Å². The number of halogens is 2. The van der Waals surface area contributed by atoms with Gasteiger partial charge in [-0.1, -0.05) is 59.6 Å². The molecule has 1 fully saturated rings. The molecule has 1 unspecified atom stereocenters. The van der Waals surface area contributed by atoms with Crippen molar-refractivity contribution in [1.29, 1.82) is 5.26 Å². The Hall–Kier alpha value is -3.04. The van der Waals surface area contributed by atoms with E-state index in [1.165, 1.54) is 0 Å². The number of benzene rings is 3. The highest BCUT2D eigenvalue weighted by Gasteiger charge is 2.28. The molecule has 3 aromatic rings. The van der Waals surface area contributed by atoms with Crippen molar-refractivity contribution in [2.24, 2.45) is 5.92 Å². The minimum Gasteiger partial charge on any atom is -0.449 e. The highest BCUT2D eigenvalue weighted by atomic mass is 35.5. The molecular formula is C28H27Cl2N3O2. The summed E-state index contributed by atoms with van der Waals surface area (Å²) >= 11 is 12.0. The molecule has 3 aromatic carbocycles. The van der Waals surface area contributed by atoms with E-state index < -0.39 is 6.09 Å². The summed E-state index contributed by atoms with van der Waals surface area (Å²) in [5.41, 5.74) is 4.36. The molecule has 0 spiro atoms. The standard InChI is InChI=1S/C28H27Cl2N3O2/c1-33-13-11-22(12-14-33)25(18-35-28(34)32-24-9-10-26(29)27(30)16-24)21-7-5-20(6-8-21)23-4-2-3-19(15-23)17-31/h2-10,15-16,22,25H,11-14,18H2,1H3,(H,32,34). The molecule has 0 aromatic heterocycles. The summed E-state index contributed by atoms with van der Waals surface area (Å²) < 4.78 is 5.68. The van der Waals surface area contributed by atoms with E-state index >= 15 is 0 Å². The molecule has 0 radical (unpaired) electrons. The molecular weight excluding hydrogens is 481 g/mol. The number of nitriles is 1. The summed E-state index contributed by atoms with van der Waals surface area (Å²) in [5.74, 6) is 0.500. The Morgan fingerprint density at radius 2 is 1.80 bits per heavy atom. The summed E-state index contributed by atoms with van der Waals surface area (Å²) in [6.07, 6.45) is 1.57. The second kappa shape index (κ2) is 11.6. The molecule has 35 heavy (non-hydrogen) atoms. The third-order valence-corrected chi connectivity index (χ3v) is 7.30. The lowest BCUT2D eigenvalue weighted by Gasteiger charge is -2.34. The lowest BCUT2D eigenvalue weighted by molar-refractivity contribution is 0.123. The molecule has 1 heterocycles. The van der Waals surface area contributed by atoms with Crippen molar-refractivity contribution in [3.63, 3.8) is 0 Å². The fourth-order valence-corrected chi connectivity index (χ4v) is 4.82. The number of ether oxygens (including phenoxy) is 1. The smallest absolute Gasteiger partial charge is 0.411 e. The third kappa shape index (κ3) is 6.55. The van der Waals surface area contributed by atoms with Gasteiger partial charge in [0, 0.05) is 11.6 Å². The largest absolute Gasteiger partial charge is 0.449 e. The molecule has 1 saturated heterocycles. The Kier molecular flexibility index (Phi) is 8.30. The number of anilines is 1. The first-order valence-electron chi connectivity index (χ1n) is 11.6. The van der Waals surface area contributed by atoms with Crippen molar-refractivity contribution in [2.75, 3.05) is 32.1 Å². The average Bonchev–Trinajstić information content (AvgIpc) is 2.88. The molecule has 5 nitrogen and oxygen atoms in total. The van der Waals surface area contributed by atoms with Crippen molar-refractivity contribution in [2.45, 2.75) is 18.8 Å². The van der Waals surface area contributed by atoms with E-state index in [2.05, 4.69) is 47.6 Å². The summed E-state index contributed by atoms with van der Waals surface area (Å²) in [6.45, 7) is 2.33. The minimum atomic E-state index is -0.522. The van der Waals surface area contributed by atoms with Crippen LogP contribution in [-0.2, 0) is 4.74 Å². The predicted molar refractivity (Wildman–Crippen MR) is 141 cm³/mol. The van der Waals surface area contributed by atoms with Gasteiger partial charge in [-0.2, -0.15) is 5.26 Å². The van der Waals surface area contributed by atoms with E-state index in [1.807, 2.05) is 18.2 Å². The Morgan fingerprint density at radius 3 is 2.49 bits per heavy atom. The Labute approximate surface area is 216 Å². The van der Waals surface area contributed by atoms with Gasteiger partial charge in [-0.3, -0.25) is 5.32 Å². The van der Waals surface area contributed by atoms with Crippen LogP contribution >= 0.6 is 23.2 Å². The molecule has 1 aliphatic rings. The maximum absolute atomic E-state index is 12.5. The summed E-state index contributed by atoms with van der Waals surface area (Å²) in [5, 5.41) is 12.7. The van der Waals surface area contributed by atoms with E-state index in [0.29, 0.717) is 27.2 Å². The van der Waals surface area contributed by atoms with Gasteiger partial charge < -0.3 is 9.64 Å². The molecule has 180 valence electrons. The third-order valence-electron chi connectivity index (χ3n) is 6.56. The van der Waals surface area contributed by atoms with E-state index in [9.17, 15) is 10.1 Å². The molecule has 0 saturated carbocycles. The summed E-state index contributed by atoms with van der Waals surface area (Å²) in [6, 6.07) is 23.1. The fraction of sp³-hybridized carbons (Fsp3) is 0.286. The van der Waals surface area contributed by atoms with Gasteiger partial charge in [0.25, 0.3) is 0 Å². The van der Waals surface area contributed by atoms with Crippen LogP contribution in [0.2, 0.25) is 10.0 Å². The van der Waals surface area contributed by atoms with Crippen LogP contribution < -0.4 is 5.32 Å². The number of hydrogen-bond acceptors (Lipinski definition) is 4. The van der Waals surface area contributed by atoms with Crippen molar-refractivity contribution in [1.82, 2.24) is 4.90 Å². The van der Waals surface area contributed by atoms with E-state index in [4.69, 9.17) is 27.9 Å². The van der Waals surface area contributed by atoms with Crippen molar-refractivity contribution >= 4 is 35.0 Å². The lowest BCUT2D eigenvalue weighted by atomic mass is 9.80. The van der Waals surface area contributed by atoms with Gasteiger partial charge in [0.1, 0.15) is 6.61 Å². The maximum Gasteiger partial charge on any atom is 0.411 e. The first-order valence-corrected chi connectivity index (χ1v) is 12.4. The molecule has 0 bridgehead atoms. The van der Waals surface area contributed by atoms with Crippen LogP contribution in [0.15, 0.2) is 66.7 Å². The first kappa shape index (κ1) is 25.1. The van der Waals surface area contributed by atoms with Crippen molar-refractivity contribution in [3.05, 3.63) is 87.9 Å². The second-order valence-corrected chi connectivity index (χ2v) is 9.73. The highest BCUT2D eigenvalue weighted by Crippen LogP contribution is 2.34. The van der Waals surface area contributed by atoms with Gasteiger partial charge in [-0.05, 0) is 85.9 Å². The quantitative estimate of drug-likeness (QED) is 0.382. The number of nitrogens with zero attached hydrogens (tertiary/aromatic N) is 2. The zero-order valence-electron chi connectivity index (χ0n) is 19.5. The van der Waals surface area contributed by atoms with Crippen LogP contribution in [0.4, 0.5) is 10.5 Å². The van der Waals surface area contributed by atoms with Crippen LogP contribution in [0.25, 0.3) is 11.1 Å². The summed E-state index contributed by atoms with van der Waals surface area (Å²) in [7, 11) is 2.14. The number of piperidine rings is 1. The Morgan fingerprint density at radius 1 is 1.06 bits per heavy atom. The topological polar surface area (TPSA) is 65.4 Å². The van der Waals surface area contributed by atoms with E-state index in [-0.39, 0.29) is 12.5 Å². The molecule has 1 atom stereocenters. The van der Waals surface area contributed by atoms with Gasteiger partial charge in [-0.15, -0.1) is 0 Å². The van der Waals surface area contributed by atoms with Crippen LogP contribution in [0.5, 0.6) is 0 Å². The number of nitrogens with one attached hydrogen (secondary N) is 1. The molecule has 4 rings (SSSR count). The number of amides is 1. The number of hydrogen-bond donors (Lipinski definition) is 1. The number of carbonyl (C=O) groups excluding carboxylic acids is 1. The SMILES string of the molecule is CN1CCC(C(COC(=O)Nc2ccc(Cl)c(Cl)c2)c2ccc(-c3cccc(C#N)c3)cc2)CC1. The Bertz CT molecular complexity index is 1220. The lowest BCUT2D eigenvalue weighted by Crippen LogP contribution is -2.34. The first-order chi connectivity index (χ1) is 16.9. The van der Waals surface area contributed by atoms with Gasteiger partial charge in [0.15, 0.2) is 0 Å². The molecule has 0 aliphatic carbocycles. The van der Waals surface area contributed by atoms with Gasteiger partial charge in [0.05, 0.1) is 21.7 Å². The van der Waals surface area contributed by atoms with Gasteiger partial charge in [0.2, 0.25) is 0 Å². The molecule has 1 N–H and O–H groups in total. The molecule has 1 aliphatic heterocycles. The Balaban J connectivity index is 1.48. The van der Waals surface area contributed by atoms with Crippen molar-refractivity contribution < 1.29 is 9.53 Å². The molecule has 7 heteroatoms. The summed E-state index contributed by atoms with van der Waals surface area (Å²) in [4.78, 5) is 14.9. The monoisotopic (exact) mass is 507 g/mol. The number of carbonyl (C=O) groups is 1. The van der Waals surface area contributed by atoms with Gasteiger partial charge in [-0.25, -0.2) is 4.79 Å². The van der Waals surface area contributed by atoms with Crippen LogP contribution in [0.1, 0.15) is 29.9 Å².